The minimum absolute atomic E-state index is 0.166. The number of hydrogen-bond donors (Lipinski definition) is 0. The number of benzene rings is 1. The van der Waals surface area contributed by atoms with Gasteiger partial charge in [-0.05, 0) is 260 Å². The first-order chi connectivity index (χ1) is 63.3. The van der Waals surface area contributed by atoms with E-state index in [0.29, 0.717) is 104 Å². The number of ether oxygens (including phenoxy) is 8. The van der Waals surface area contributed by atoms with E-state index in [1.54, 1.807) is 75.2 Å². The standard InChI is InChI=1S/C16H21BNO2.2C14H19NOS.C14H17NOS.C13H17NO3S2.C13H17NOS.C12H15NOS.C10H11NS/c1-6-20-14-9-12(10(2)3)11-7-8-13(19-5)15(17-4)16(11)18-14;1-8(2)11-6-12(16-9(3)4)15-13-10(5)7-17-14(11)13;1-6-16-12-7-11(8(2)3)14-13(15-12)9(4)10(5)17-14;1-5-6-16-12-7-11(9(2)3)14-13(15-12)10(4)8-17-14;1-5-17-11-6-9(8(2)3)13-12(14-11)10(7-18-13)19(4,15)16;1-5-15-11-6-10(8(2)3)13-12(14-11)9(4)7-16-13;1-4-14-11-7-9(8(2)3)12-10(13-11)5-6-15-12;1-7(2)8-3-5-11-9-4-6-12-10(8)9/h7-10H,6H2,1-5H3;6-9H,1-5H3;7-8H,6H2,1-5H3;5,7-9H,1,6H2,2-4H3;6-8H,5H2,1-4H3;6-8H,5H2,1-4H3;5-8H,4H2,1-3H3;3-7H,1-2H3. The average Bonchev–Trinajstić information content (AvgIpc) is 1.66. The lowest BCUT2D eigenvalue weighted by atomic mass is 9.71. The maximum Gasteiger partial charge on any atom is 0.214 e. The quantitative estimate of drug-likeness (QED) is 0.0364. The third-order valence-corrected chi connectivity index (χ3v) is 30.4. The molecule has 0 N–H and O–H groups in total. The highest BCUT2D eigenvalue weighted by atomic mass is 32.2. The van der Waals surface area contributed by atoms with Gasteiger partial charge in [-0.1, -0.05) is 130 Å². The minimum Gasteiger partial charge on any atom is -0.497 e. The molecule has 0 fully saturated rings. The van der Waals surface area contributed by atoms with Crippen molar-refractivity contribution < 1.29 is 46.3 Å². The Bertz CT molecular complexity index is 6650. The van der Waals surface area contributed by atoms with Gasteiger partial charge in [-0.3, -0.25) is 4.98 Å². The van der Waals surface area contributed by atoms with Crippen LogP contribution in [0.5, 0.6) is 46.9 Å². The van der Waals surface area contributed by atoms with Gasteiger partial charge in [0.15, 0.2) is 17.1 Å². The molecule has 0 aliphatic rings. The number of methoxy groups -OCH3 is 1. The van der Waals surface area contributed by atoms with Crippen LogP contribution in [0.4, 0.5) is 0 Å². The van der Waals surface area contributed by atoms with Crippen LogP contribution in [0.2, 0.25) is 6.82 Å². The molecule has 15 heterocycles. The fraction of sp³-hybridized carbons (Fsp3) is 0.434. The topological polar surface area (TPSA) is 211 Å². The van der Waals surface area contributed by atoms with E-state index in [1.165, 1.54) is 112 Å². The van der Waals surface area contributed by atoms with Gasteiger partial charge in [-0.2, -0.15) is 0 Å². The van der Waals surface area contributed by atoms with Gasteiger partial charge in [0.1, 0.15) is 22.8 Å². The lowest BCUT2D eigenvalue weighted by molar-refractivity contribution is 0.233. The molecule has 1 radical (unpaired) electrons. The van der Waals surface area contributed by atoms with Crippen molar-refractivity contribution in [2.75, 3.05) is 53.0 Å². The second-order valence-corrected chi connectivity index (χ2v) is 43.4. The van der Waals surface area contributed by atoms with Gasteiger partial charge in [0.05, 0.1) is 118 Å². The molecule has 0 saturated carbocycles. The fourth-order valence-electron chi connectivity index (χ4n) is 14.6. The third-order valence-electron chi connectivity index (χ3n) is 21.6. The van der Waals surface area contributed by atoms with Crippen LogP contribution in [0.1, 0.15) is 278 Å². The number of fused-ring (bicyclic) bond motifs is 8. The zero-order valence-corrected chi connectivity index (χ0v) is 90.2. The van der Waals surface area contributed by atoms with E-state index in [2.05, 4.69) is 267 Å². The van der Waals surface area contributed by atoms with Crippen LogP contribution in [0.25, 0.3) is 82.4 Å². The van der Waals surface area contributed by atoms with E-state index < -0.39 is 9.84 Å². The summed E-state index contributed by atoms with van der Waals surface area (Å²) in [5, 5.41) is 13.5. The Hall–Kier alpha value is -9.45. The second kappa shape index (κ2) is 49.9. The minimum atomic E-state index is -3.27. The molecule has 1 aromatic carbocycles. The average molecular weight is 1950 g/mol. The molecule has 0 spiro atoms. The Kier molecular flexibility index (Phi) is 40.2. The van der Waals surface area contributed by atoms with E-state index in [0.717, 1.165) is 89.0 Å². The van der Waals surface area contributed by atoms with Gasteiger partial charge < -0.3 is 37.9 Å². The normalized spacial score (nSPS) is 11.4. The Labute approximate surface area is 818 Å². The molecule has 18 nitrogen and oxygen atoms in total. The maximum atomic E-state index is 11.8. The maximum absolute atomic E-state index is 11.8. The van der Waals surface area contributed by atoms with Crippen molar-refractivity contribution >= 4 is 184 Å². The van der Waals surface area contributed by atoms with Crippen molar-refractivity contribution in [3.63, 3.8) is 0 Å². The predicted octanol–water partition coefficient (Wildman–Crippen LogP) is 31.0. The Balaban J connectivity index is 0.000000171. The highest BCUT2D eigenvalue weighted by molar-refractivity contribution is 7.91. The number of rotatable bonds is 26. The zero-order valence-electron chi connectivity index (χ0n) is 83.7. The van der Waals surface area contributed by atoms with E-state index in [4.69, 9.17) is 37.9 Å². The Morgan fingerprint density at radius 1 is 0.391 bits per heavy atom. The number of thiophene rings is 7. The molecule has 133 heavy (non-hydrogen) atoms. The van der Waals surface area contributed by atoms with Gasteiger partial charge in [-0.15, -0.1) is 79.4 Å². The van der Waals surface area contributed by atoms with Gasteiger partial charge in [0.2, 0.25) is 41.2 Å². The van der Waals surface area contributed by atoms with E-state index in [1.807, 2.05) is 104 Å². The first-order valence-electron chi connectivity index (χ1n) is 46.0. The van der Waals surface area contributed by atoms with Gasteiger partial charge in [0.25, 0.3) is 0 Å². The summed E-state index contributed by atoms with van der Waals surface area (Å²) >= 11 is 12.1. The summed E-state index contributed by atoms with van der Waals surface area (Å²) in [6.07, 6.45) is 5.00. The monoisotopic (exact) mass is 1950 g/mol. The van der Waals surface area contributed by atoms with E-state index in [-0.39, 0.29) is 16.9 Å². The van der Waals surface area contributed by atoms with Crippen LogP contribution >= 0.6 is 79.4 Å². The molecule has 0 saturated heterocycles. The Morgan fingerprint density at radius 3 is 1.15 bits per heavy atom. The lowest BCUT2D eigenvalue weighted by Gasteiger charge is -2.16. The van der Waals surface area contributed by atoms with Crippen molar-refractivity contribution in [1.82, 2.24) is 39.9 Å². The molecular formula is C106H136BN8O10S8. The third kappa shape index (κ3) is 27.5. The summed E-state index contributed by atoms with van der Waals surface area (Å²) in [4.78, 5) is 37.7. The van der Waals surface area contributed by atoms with Crippen molar-refractivity contribution in [2.24, 2.45) is 0 Å². The SMILES string of the molecule is C=CCOc1cc(C(C)C)c2scc(C)c2n1.CC(C)c1ccnc2ccsc12.CCOc1cc(C(C)C)c2sc(C)c(C)c2n1.CCOc1cc(C(C)C)c2scc(C)c2n1.CCOc1cc(C(C)C)c2scc(S(C)(=O)=O)c2n1.CCOc1cc(C(C)C)c2sccc2n1.C[B]c1c(OC)ccc2c(C(C)C)cc(OCC)nc12.Cc1csc2c(C(C)C)cc(OC(C)C)nc12. The summed E-state index contributed by atoms with van der Waals surface area (Å²) in [7, 11) is 0.452. The first-order valence-corrected chi connectivity index (χ1v) is 54.0. The largest absolute Gasteiger partial charge is 0.497 e. The van der Waals surface area contributed by atoms with Crippen LogP contribution < -0.4 is 43.4 Å². The summed E-state index contributed by atoms with van der Waals surface area (Å²) in [5.41, 5.74) is 24.4. The summed E-state index contributed by atoms with van der Waals surface area (Å²) < 4.78 is 76.6. The van der Waals surface area contributed by atoms with E-state index >= 15 is 0 Å². The zero-order chi connectivity index (χ0) is 97.6. The van der Waals surface area contributed by atoms with Crippen molar-refractivity contribution in [3.8, 4) is 46.9 Å². The highest BCUT2D eigenvalue weighted by Gasteiger charge is 2.24. The molecule has 0 aliphatic heterocycles. The molecule has 0 unspecified atom stereocenters. The Morgan fingerprint density at radius 2 is 0.744 bits per heavy atom. The predicted molar refractivity (Wildman–Crippen MR) is 574 cm³/mol. The molecule has 0 bridgehead atoms. The van der Waals surface area contributed by atoms with Crippen molar-refractivity contribution in [3.05, 3.63) is 196 Å². The van der Waals surface area contributed by atoms with Gasteiger partial charge >= 0.3 is 0 Å². The van der Waals surface area contributed by atoms with Crippen molar-refractivity contribution in [1.29, 1.82) is 0 Å². The van der Waals surface area contributed by atoms with Crippen LogP contribution in [0.15, 0.2) is 129 Å². The molecule has 0 atom stereocenters. The van der Waals surface area contributed by atoms with E-state index in [9.17, 15) is 8.42 Å². The molecule has 15 aromatic heterocycles. The summed E-state index contributed by atoms with van der Waals surface area (Å²) in [5.74, 6) is 9.48. The molecule has 16 rings (SSSR count). The fourth-order valence-corrected chi connectivity index (χ4v) is 23.8. The lowest BCUT2D eigenvalue weighted by Crippen LogP contribution is -2.17. The van der Waals surface area contributed by atoms with Gasteiger partial charge in [-0.25, -0.2) is 43.3 Å². The van der Waals surface area contributed by atoms with Crippen molar-refractivity contribution in [2.45, 2.75) is 259 Å². The number of sulfone groups is 1. The molecule has 711 valence electrons. The smallest absolute Gasteiger partial charge is 0.214 e. The first kappa shape index (κ1) is 107. The van der Waals surface area contributed by atoms with Crippen LogP contribution in [-0.4, -0.2) is 115 Å². The number of hydrogen-bond acceptors (Lipinski definition) is 25. The van der Waals surface area contributed by atoms with Crippen LogP contribution in [0, 0.1) is 34.6 Å². The summed E-state index contributed by atoms with van der Waals surface area (Å²) in [6, 6.07) is 24.6. The molecule has 0 aliphatic carbocycles. The number of nitrogens with zero attached hydrogens (tertiary/aromatic N) is 8. The second-order valence-electron chi connectivity index (χ2n) is 34.9. The number of aryl methyl sites for hydroxylation is 5. The number of aromatic nitrogens is 8. The highest BCUT2D eigenvalue weighted by Crippen LogP contribution is 2.42. The number of pyridine rings is 8. The van der Waals surface area contributed by atoms with Crippen LogP contribution in [-0.2, 0) is 9.84 Å². The molecular weight excluding hydrogens is 1810 g/mol. The van der Waals surface area contributed by atoms with Crippen LogP contribution in [0.3, 0.4) is 0 Å². The van der Waals surface area contributed by atoms with Gasteiger partial charge in [0, 0.05) is 70.6 Å². The molecule has 27 heteroatoms. The molecule has 16 aromatic rings. The molecule has 0 amide bonds. The summed E-state index contributed by atoms with van der Waals surface area (Å²) in [6.45, 7) is 68.8.